The Labute approximate surface area is 221 Å². The highest BCUT2D eigenvalue weighted by molar-refractivity contribution is 8.76. The van der Waals surface area contributed by atoms with Gasteiger partial charge in [-0.3, -0.25) is 19.6 Å². The Bertz CT molecular complexity index is 1330. The van der Waals surface area contributed by atoms with Crippen molar-refractivity contribution in [1.82, 2.24) is 29.9 Å². The Balaban J connectivity index is 1.62. The van der Waals surface area contributed by atoms with E-state index < -0.39 is 0 Å². The molecule has 2 atom stereocenters. The number of nitrogens with one attached hydrogen (secondary N) is 4. The first-order valence-electron chi connectivity index (χ1n) is 11.3. The molecule has 0 aliphatic rings. The molecule has 0 spiro atoms. The number of aromatic nitrogens is 6. The first-order chi connectivity index (χ1) is 17.4. The summed E-state index contributed by atoms with van der Waals surface area (Å²) in [5.41, 5.74) is 0.815. The second-order valence-corrected chi connectivity index (χ2v) is 11.9. The predicted octanol–water partition coefficient (Wildman–Crippen LogP) is 3.02. The van der Waals surface area contributed by atoms with E-state index in [2.05, 4.69) is 40.5 Å². The smallest absolute Gasteiger partial charge is 0.306 e. The molecule has 0 saturated carbocycles. The van der Waals surface area contributed by atoms with Crippen LogP contribution in [-0.2, 0) is 0 Å². The number of aliphatic hydroxyl groups excluding tert-OH is 2. The molecule has 4 rings (SSSR count). The van der Waals surface area contributed by atoms with Crippen LogP contribution < -0.4 is 20.4 Å². The van der Waals surface area contributed by atoms with Crippen molar-refractivity contribution in [3.63, 3.8) is 0 Å². The minimum absolute atomic E-state index is 0.0643. The fraction of sp³-hybridized carbons (Fsp3) is 0.500. The van der Waals surface area contributed by atoms with E-state index in [-0.39, 0.29) is 35.0 Å². The fourth-order valence-corrected chi connectivity index (χ4v) is 6.51. The third kappa shape index (κ3) is 6.36. The normalized spacial score (nSPS) is 13.3. The van der Waals surface area contributed by atoms with Gasteiger partial charge in [0, 0.05) is 0 Å². The molecule has 0 aromatic carbocycles. The summed E-state index contributed by atoms with van der Waals surface area (Å²) in [7, 11) is 2.41. The lowest BCUT2D eigenvalue weighted by Crippen LogP contribution is -2.24. The maximum Gasteiger partial charge on any atom is 0.306 e. The zero-order valence-electron chi connectivity index (χ0n) is 19.5. The van der Waals surface area contributed by atoms with E-state index in [1.807, 2.05) is 13.8 Å². The molecule has 36 heavy (non-hydrogen) atoms. The van der Waals surface area contributed by atoms with Crippen molar-refractivity contribution < 1.29 is 10.2 Å². The van der Waals surface area contributed by atoms with Gasteiger partial charge < -0.3 is 20.8 Å². The van der Waals surface area contributed by atoms with Crippen LogP contribution in [0.1, 0.15) is 39.5 Å². The molecular weight excluding hydrogens is 545 g/mol. The largest absolute Gasteiger partial charge is 0.394 e. The van der Waals surface area contributed by atoms with Crippen molar-refractivity contribution in [3.05, 3.63) is 19.3 Å². The van der Waals surface area contributed by atoms with Gasteiger partial charge in [-0.25, -0.2) is 19.9 Å². The second-order valence-electron chi connectivity index (χ2n) is 7.89. The fourth-order valence-electron chi connectivity index (χ4n) is 3.50. The Kier molecular flexibility index (Phi) is 9.19. The molecule has 0 amide bonds. The van der Waals surface area contributed by atoms with Crippen molar-refractivity contribution in [1.29, 1.82) is 0 Å². The number of rotatable bonds is 13. The Morgan fingerprint density at radius 3 is 1.56 bits per heavy atom. The van der Waals surface area contributed by atoms with Gasteiger partial charge in [0.2, 0.25) is 10.3 Å². The molecule has 4 heterocycles. The van der Waals surface area contributed by atoms with E-state index in [0.29, 0.717) is 42.6 Å². The Morgan fingerprint density at radius 1 is 0.778 bits per heavy atom. The molecule has 16 heteroatoms. The highest BCUT2D eigenvalue weighted by Crippen LogP contribution is 2.37. The zero-order chi connectivity index (χ0) is 25.7. The Morgan fingerprint density at radius 2 is 1.19 bits per heavy atom. The van der Waals surface area contributed by atoms with Gasteiger partial charge in [-0.05, 0) is 34.4 Å². The number of fused-ring (bicyclic) bond motifs is 2. The van der Waals surface area contributed by atoms with Gasteiger partial charge in [0.15, 0.2) is 22.9 Å². The summed E-state index contributed by atoms with van der Waals surface area (Å²) in [6, 6.07) is -0.402. The third-order valence-corrected chi connectivity index (χ3v) is 8.76. The standard InChI is InChI=1S/C20H26N8O4S4/c1-3-5-9(7-29)21-13-11-15(27-19(31)33-11)25-17(23-13)35-36-18-24-14(22-10(8-30)6-4-2)12-16(26-18)28-20(32)34-12/h9-10,29-30H,3-8H2,1-2H3,(H2,21,23,25,27,31)(H2,22,24,26,28,32). The summed E-state index contributed by atoms with van der Waals surface area (Å²) in [5.74, 6) is 0.954. The molecule has 0 radical (unpaired) electrons. The second kappa shape index (κ2) is 12.3. The van der Waals surface area contributed by atoms with Crippen LogP contribution in [-0.4, -0.2) is 65.4 Å². The molecule has 194 valence electrons. The van der Waals surface area contributed by atoms with Gasteiger partial charge in [-0.2, -0.15) is 0 Å². The van der Waals surface area contributed by atoms with E-state index in [0.717, 1.165) is 48.4 Å². The van der Waals surface area contributed by atoms with Crippen LogP contribution in [0.15, 0.2) is 19.9 Å². The summed E-state index contributed by atoms with van der Waals surface area (Å²) < 4.78 is 1.18. The number of aliphatic hydroxyl groups is 2. The molecule has 4 aromatic heterocycles. The van der Waals surface area contributed by atoms with E-state index >= 15 is 0 Å². The molecule has 6 N–H and O–H groups in total. The SMILES string of the molecule is CCCC(CO)Nc1nc(SSc2nc(NC(CO)CCC)c3sc(=O)[nH]c3n2)nc2[nH]c(=O)sc12. The first kappa shape index (κ1) is 26.8. The number of nitrogens with zero attached hydrogens (tertiary/aromatic N) is 4. The lowest BCUT2D eigenvalue weighted by Gasteiger charge is -2.17. The van der Waals surface area contributed by atoms with Crippen LogP contribution in [0.25, 0.3) is 20.7 Å². The van der Waals surface area contributed by atoms with Crippen molar-refractivity contribution in [3.8, 4) is 0 Å². The van der Waals surface area contributed by atoms with E-state index in [4.69, 9.17) is 0 Å². The molecule has 0 aliphatic carbocycles. The van der Waals surface area contributed by atoms with Gasteiger partial charge in [-0.15, -0.1) is 0 Å². The molecule has 12 nitrogen and oxygen atoms in total. The molecule has 4 aromatic rings. The molecule has 0 fully saturated rings. The molecule has 0 bridgehead atoms. The van der Waals surface area contributed by atoms with Crippen molar-refractivity contribution in [2.24, 2.45) is 0 Å². The van der Waals surface area contributed by atoms with Crippen LogP contribution >= 0.6 is 44.3 Å². The van der Waals surface area contributed by atoms with Gasteiger partial charge >= 0.3 is 9.75 Å². The van der Waals surface area contributed by atoms with E-state index in [1.165, 1.54) is 21.6 Å². The number of thiazole rings is 2. The summed E-state index contributed by atoms with van der Waals surface area (Å²) in [6.45, 7) is 3.92. The molecule has 0 saturated heterocycles. The summed E-state index contributed by atoms with van der Waals surface area (Å²) >= 11 is 2.02. The molecular formula is C20H26N8O4S4. The van der Waals surface area contributed by atoms with Crippen molar-refractivity contribution in [2.75, 3.05) is 23.8 Å². The maximum atomic E-state index is 12.0. The number of anilines is 2. The number of hydrogen-bond acceptors (Lipinski definition) is 14. The highest BCUT2D eigenvalue weighted by Gasteiger charge is 2.18. The van der Waals surface area contributed by atoms with Gasteiger partial charge in [0.1, 0.15) is 9.40 Å². The van der Waals surface area contributed by atoms with Crippen molar-refractivity contribution in [2.45, 2.75) is 61.9 Å². The van der Waals surface area contributed by atoms with Gasteiger partial charge in [0.25, 0.3) is 0 Å². The van der Waals surface area contributed by atoms with Gasteiger partial charge in [0.05, 0.1) is 25.3 Å². The Hall–Kier alpha value is -2.24. The van der Waals surface area contributed by atoms with Crippen LogP contribution in [0.5, 0.6) is 0 Å². The quantitative estimate of drug-likeness (QED) is 0.102. The van der Waals surface area contributed by atoms with Crippen LogP contribution in [0.3, 0.4) is 0 Å². The zero-order valence-corrected chi connectivity index (χ0v) is 22.8. The first-order valence-corrected chi connectivity index (χ1v) is 15.1. The van der Waals surface area contributed by atoms with Crippen LogP contribution in [0, 0.1) is 0 Å². The summed E-state index contributed by atoms with van der Waals surface area (Å²) in [6.07, 6.45) is 3.24. The highest BCUT2D eigenvalue weighted by atomic mass is 33.1. The lowest BCUT2D eigenvalue weighted by atomic mass is 10.2. The maximum absolute atomic E-state index is 12.0. The topological polar surface area (TPSA) is 182 Å². The average Bonchev–Trinajstić information content (AvgIpc) is 3.43. The minimum atomic E-state index is -0.246. The number of aromatic amines is 2. The summed E-state index contributed by atoms with van der Waals surface area (Å²) in [5, 5.41) is 26.6. The minimum Gasteiger partial charge on any atom is -0.394 e. The lowest BCUT2D eigenvalue weighted by molar-refractivity contribution is 0.268. The van der Waals surface area contributed by atoms with Gasteiger partial charge in [-0.1, -0.05) is 49.4 Å². The summed E-state index contributed by atoms with van der Waals surface area (Å²) in [4.78, 5) is 46.9. The number of H-pyrrole nitrogens is 2. The van der Waals surface area contributed by atoms with Crippen molar-refractivity contribution >= 4 is 76.6 Å². The van der Waals surface area contributed by atoms with E-state index in [9.17, 15) is 19.8 Å². The number of hydrogen-bond donors (Lipinski definition) is 6. The third-order valence-electron chi connectivity index (χ3n) is 5.11. The monoisotopic (exact) mass is 570 g/mol. The van der Waals surface area contributed by atoms with Crippen LogP contribution in [0.2, 0.25) is 0 Å². The predicted molar refractivity (Wildman–Crippen MR) is 147 cm³/mol. The molecule has 2 unspecified atom stereocenters. The average molecular weight is 571 g/mol. The van der Waals surface area contributed by atoms with Crippen LogP contribution in [0.4, 0.5) is 11.6 Å². The molecule has 0 aliphatic heterocycles. The van der Waals surface area contributed by atoms with E-state index in [1.54, 1.807) is 0 Å².